The summed E-state index contributed by atoms with van der Waals surface area (Å²) in [7, 11) is 0. The highest BCUT2D eigenvalue weighted by molar-refractivity contribution is 7.80. The summed E-state index contributed by atoms with van der Waals surface area (Å²) in [6, 6.07) is 12.6. The summed E-state index contributed by atoms with van der Waals surface area (Å²) < 4.78 is 5.61. The van der Waals surface area contributed by atoms with Gasteiger partial charge in [-0.3, -0.25) is 20.2 Å². The molecule has 27 heavy (non-hydrogen) atoms. The van der Waals surface area contributed by atoms with Gasteiger partial charge in [-0.25, -0.2) is 0 Å². The summed E-state index contributed by atoms with van der Waals surface area (Å²) in [6.45, 7) is 2.79. The number of ether oxygens (including phenoxy) is 1. The molecule has 0 aliphatic heterocycles. The van der Waals surface area contributed by atoms with Crippen LogP contribution in [0, 0.1) is 10.1 Å². The van der Waals surface area contributed by atoms with Crippen molar-refractivity contribution in [3.05, 3.63) is 64.2 Å². The second-order valence-corrected chi connectivity index (χ2v) is 6.20. The van der Waals surface area contributed by atoms with E-state index in [0.717, 1.165) is 19.3 Å². The Bertz CT molecular complexity index is 792. The molecule has 0 atom stereocenters. The molecule has 2 rings (SSSR count). The number of rotatable bonds is 8. The number of benzene rings is 2. The first-order chi connectivity index (χ1) is 13.0. The molecule has 0 aromatic heterocycles. The quantitative estimate of drug-likeness (QED) is 0.304. The zero-order valence-electron chi connectivity index (χ0n) is 14.9. The summed E-state index contributed by atoms with van der Waals surface area (Å²) in [4.78, 5) is 22.4. The highest BCUT2D eigenvalue weighted by Crippen LogP contribution is 2.16. The highest BCUT2D eigenvalue weighted by Gasteiger charge is 2.09. The fraction of sp³-hybridized carbons (Fsp3) is 0.263. The van der Waals surface area contributed by atoms with Crippen LogP contribution in [-0.2, 0) is 0 Å². The van der Waals surface area contributed by atoms with Crippen LogP contribution < -0.4 is 15.4 Å². The zero-order valence-corrected chi connectivity index (χ0v) is 15.8. The van der Waals surface area contributed by atoms with Gasteiger partial charge in [-0.1, -0.05) is 19.8 Å². The third-order valence-electron chi connectivity index (χ3n) is 3.70. The van der Waals surface area contributed by atoms with Gasteiger partial charge >= 0.3 is 0 Å². The van der Waals surface area contributed by atoms with Crippen LogP contribution in [0.2, 0.25) is 0 Å². The summed E-state index contributed by atoms with van der Waals surface area (Å²) >= 11 is 5.10. The number of nitro benzene ring substituents is 1. The van der Waals surface area contributed by atoms with Crippen molar-refractivity contribution < 1.29 is 14.5 Å². The van der Waals surface area contributed by atoms with Gasteiger partial charge in [0, 0.05) is 23.4 Å². The van der Waals surface area contributed by atoms with E-state index in [9.17, 15) is 14.9 Å². The topological polar surface area (TPSA) is 93.5 Å². The van der Waals surface area contributed by atoms with E-state index in [0.29, 0.717) is 23.6 Å². The standard InChI is InChI=1S/C19H21N3O4S/c1-2-3-4-13-26-17-11-5-14(6-12-17)18(23)21-19(27)20-15-7-9-16(10-8-15)22(24)25/h5-12H,2-4,13H2,1H3,(H2,20,21,23,27). The number of hydrogen-bond acceptors (Lipinski definition) is 5. The van der Waals surface area contributed by atoms with Crippen molar-refractivity contribution >= 4 is 34.6 Å². The first-order valence-corrected chi connectivity index (χ1v) is 9.00. The fourth-order valence-electron chi connectivity index (χ4n) is 2.25. The van der Waals surface area contributed by atoms with E-state index in [1.807, 2.05) is 0 Å². The lowest BCUT2D eigenvalue weighted by molar-refractivity contribution is -0.384. The molecule has 0 aliphatic carbocycles. The van der Waals surface area contributed by atoms with Crippen LogP contribution in [0.1, 0.15) is 36.5 Å². The van der Waals surface area contributed by atoms with E-state index in [4.69, 9.17) is 17.0 Å². The van der Waals surface area contributed by atoms with Crippen LogP contribution in [0.4, 0.5) is 11.4 Å². The summed E-state index contributed by atoms with van der Waals surface area (Å²) in [5, 5.41) is 16.1. The summed E-state index contributed by atoms with van der Waals surface area (Å²) in [5.41, 5.74) is 0.970. The maximum absolute atomic E-state index is 12.2. The minimum atomic E-state index is -0.485. The number of carbonyl (C=O) groups is 1. The Morgan fingerprint density at radius 3 is 2.37 bits per heavy atom. The van der Waals surface area contributed by atoms with Crippen LogP contribution in [0.3, 0.4) is 0 Å². The van der Waals surface area contributed by atoms with Crippen molar-refractivity contribution in [2.75, 3.05) is 11.9 Å². The molecule has 0 bridgehead atoms. The number of hydrogen-bond donors (Lipinski definition) is 2. The summed E-state index contributed by atoms with van der Waals surface area (Å²) in [5.74, 6) is 0.362. The first-order valence-electron chi connectivity index (χ1n) is 8.59. The molecule has 0 saturated carbocycles. The first kappa shape index (κ1) is 20.3. The number of carbonyl (C=O) groups excluding carboxylic acids is 1. The van der Waals surface area contributed by atoms with Crippen molar-refractivity contribution in [2.24, 2.45) is 0 Å². The molecule has 0 aliphatic rings. The van der Waals surface area contributed by atoms with E-state index in [2.05, 4.69) is 17.6 Å². The molecule has 0 radical (unpaired) electrons. The second-order valence-electron chi connectivity index (χ2n) is 5.79. The molecule has 0 heterocycles. The van der Waals surface area contributed by atoms with Crippen molar-refractivity contribution in [3.63, 3.8) is 0 Å². The lowest BCUT2D eigenvalue weighted by atomic mass is 10.2. The average Bonchev–Trinajstić information content (AvgIpc) is 2.66. The van der Waals surface area contributed by atoms with E-state index in [-0.39, 0.29) is 16.7 Å². The van der Waals surface area contributed by atoms with E-state index in [1.54, 1.807) is 24.3 Å². The van der Waals surface area contributed by atoms with Crippen LogP contribution in [0.15, 0.2) is 48.5 Å². The molecule has 142 valence electrons. The van der Waals surface area contributed by atoms with Crippen molar-refractivity contribution in [3.8, 4) is 5.75 Å². The molecular formula is C19H21N3O4S. The normalized spacial score (nSPS) is 10.1. The Morgan fingerprint density at radius 1 is 1.11 bits per heavy atom. The monoisotopic (exact) mass is 387 g/mol. The maximum Gasteiger partial charge on any atom is 0.269 e. The van der Waals surface area contributed by atoms with Gasteiger partial charge in [0.25, 0.3) is 11.6 Å². The van der Waals surface area contributed by atoms with Gasteiger partial charge in [0.05, 0.1) is 11.5 Å². The largest absolute Gasteiger partial charge is 0.494 e. The predicted molar refractivity (Wildman–Crippen MR) is 108 cm³/mol. The number of amides is 1. The Balaban J connectivity index is 1.84. The van der Waals surface area contributed by atoms with Crippen molar-refractivity contribution in [1.82, 2.24) is 5.32 Å². The molecular weight excluding hydrogens is 366 g/mol. The van der Waals surface area contributed by atoms with E-state index < -0.39 is 4.92 Å². The number of thiocarbonyl (C=S) groups is 1. The molecule has 1 amide bonds. The lowest BCUT2D eigenvalue weighted by Crippen LogP contribution is -2.34. The Morgan fingerprint density at radius 2 is 1.78 bits per heavy atom. The lowest BCUT2D eigenvalue weighted by Gasteiger charge is -2.10. The zero-order chi connectivity index (χ0) is 19.6. The van der Waals surface area contributed by atoms with Gasteiger partial charge in [-0.2, -0.15) is 0 Å². The summed E-state index contributed by atoms with van der Waals surface area (Å²) in [6.07, 6.45) is 3.26. The van der Waals surface area contributed by atoms with Crippen LogP contribution in [0.5, 0.6) is 5.75 Å². The number of non-ortho nitro benzene ring substituents is 1. The molecule has 0 spiro atoms. The van der Waals surface area contributed by atoms with Gasteiger partial charge in [0.15, 0.2) is 5.11 Å². The molecule has 2 aromatic carbocycles. The Labute approximate surface area is 162 Å². The van der Waals surface area contributed by atoms with Gasteiger partial charge in [0.2, 0.25) is 0 Å². The van der Waals surface area contributed by atoms with E-state index >= 15 is 0 Å². The third-order valence-corrected chi connectivity index (χ3v) is 3.90. The average molecular weight is 387 g/mol. The highest BCUT2D eigenvalue weighted by atomic mass is 32.1. The molecule has 2 N–H and O–H groups in total. The minimum Gasteiger partial charge on any atom is -0.494 e. The van der Waals surface area contributed by atoms with Gasteiger partial charge in [0.1, 0.15) is 5.75 Å². The number of unbranched alkanes of at least 4 members (excludes halogenated alkanes) is 2. The third kappa shape index (κ3) is 6.67. The Hall–Kier alpha value is -3.00. The van der Waals surface area contributed by atoms with E-state index in [1.165, 1.54) is 24.3 Å². The molecule has 7 nitrogen and oxygen atoms in total. The number of nitrogens with zero attached hydrogens (tertiary/aromatic N) is 1. The number of nitro groups is 1. The SMILES string of the molecule is CCCCCOc1ccc(C(=O)NC(=S)Nc2ccc([N+](=O)[O-])cc2)cc1. The van der Waals surface area contributed by atoms with Gasteiger partial charge < -0.3 is 10.1 Å². The molecule has 8 heteroatoms. The Kier molecular flexibility index (Phi) is 7.69. The fourth-order valence-corrected chi connectivity index (χ4v) is 2.46. The van der Waals surface area contributed by atoms with Crippen molar-refractivity contribution in [1.29, 1.82) is 0 Å². The maximum atomic E-state index is 12.2. The smallest absolute Gasteiger partial charge is 0.269 e. The van der Waals surface area contributed by atoms with Crippen molar-refractivity contribution in [2.45, 2.75) is 26.2 Å². The second kappa shape index (κ2) is 10.2. The van der Waals surface area contributed by atoms with Crippen LogP contribution in [-0.4, -0.2) is 22.5 Å². The molecule has 2 aromatic rings. The molecule has 0 unspecified atom stereocenters. The van der Waals surface area contributed by atoms with Gasteiger partial charge in [-0.15, -0.1) is 0 Å². The minimum absolute atomic E-state index is 0.0208. The van der Waals surface area contributed by atoms with Gasteiger partial charge in [-0.05, 0) is 55.0 Å². The molecule has 0 fully saturated rings. The number of anilines is 1. The predicted octanol–water partition coefficient (Wildman–Crippen LogP) is 4.29. The van der Waals surface area contributed by atoms with Crippen LogP contribution in [0.25, 0.3) is 0 Å². The number of nitrogens with one attached hydrogen (secondary N) is 2. The van der Waals surface area contributed by atoms with Crippen LogP contribution >= 0.6 is 12.2 Å². The molecule has 0 saturated heterocycles.